The predicted molar refractivity (Wildman–Crippen MR) is 55.4 cm³/mol. The molecule has 0 aromatic heterocycles. The fraction of sp³-hybridized carbons (Fsp3) is 0.417. The summed E-state index contributed by atoms with van der Waals surface area (Å²) in [5, 5.41) is 0. The van der Waals surface area contributed by atoms with Crippen LogP contribution in [0.4, 0.5) is 13.2 Å². The Morgan fingerprint density at radius 1 is 1.31 bits per heavy atom. The second kappa shape index (κ2) is 5.14. The monoisotopic (exact) mass is 230 g/mol. The molecule has 0 aliphatic heterocycles. The molecule has 0 saturated heterocycles. The zero-order chi connectivity index (χ0) is 12.2. The van der Waals surface area contributed by atoms with Crippen molar-refractivity contribution in [2.75, 3.05) is 0 Å². The number of aryl methyl sites for hydroxylation is 1. The molecule has 1 aromatic carbocycles. The summed E-state index contributed by atoms with van der Waals surface area (Å²) < 4.78 is 36.5. The lowest BCUT2D eigenvalue weighted by Crippen LogP contribution is -2.22. The molecule has 1 nitrogen and oxygen atoms in total. The van der Waals surface area contributed by atoms with Crippen LogP contribution in [0.2, 0.25) is 0 Å². The third-order valence-corrected chi connectivity index (χ3v) is 2.27. The van der Waals surface area contributed by atoms with Crippen LogP contribution < -0.4 is 0 Å². The van der Waals surface area contributed by atoms with Crippen LogP contribution in [0.3, 0.4) is 0 Å². The summed E-state index contributed by atoms with van der Waals surface area (Å²) in [7, 11) is 0. The molecule has 0 spiro atoms. The van der Waals surface area contributed by atoms with Gasteiger partial charge in [-0.1, -0.05) is 31.5 Å². The molecule has 0 N–H and O–H groups in total. The number of hydrogen-bond acceptors (Lipinski definition) is 1. The van der Waals surface area contributed by atoms with Crippen molar-refractivity contribution in [2.45, 2.75) is 32.4 Å². The van der Waals surface area contributed by atoms with Gasteiger partial charge in [0.1, 0.15) is 0 Å². The van der Waals surface area contributed by atoms with E-state index in [-0.39, 0.29) is 5.56 Å². The average Bonchev–Trinajstić information content (AvgIpc) is 2.24. The third-order valence-electron chi connectivity index (χ3n) is 2.27. The van der Waals surface area contributed by atoms with Crippen LogP contribution in [0.15, 0.2) is 24.3 Å². The topological polar surface area (TPSA) is 17.1 Å². The van der Waals surface area contributed by atoms with E-state index in [9.17, 15) is 18.0 Å². The first-order valence-electron chi connectivity index (χ1n) is 5.15. The molecule has 1 aromatic rings. The molecule has 0 atom stereocenters. The summed E-state index contributed by atoms with van der Waals surface area (Å²) >= 11 is 0. The van der Waals surface area contributed by atoms with Crippen molar-refractivity contribution >= 4 is 5.78 Å². The fourth-order valence-corrected chi connectivity index (χ4v) is 1.41. The largest absolute Gasteiger partial charge is 0.454 e. The second-order valence-corrected chi connectivity index (χ2v) is 3.63. The Balaban J connectivity index is 2.86. The van der Waals surface area contributed by atoms with Crippen LogP contribution in [0.25, 0.3) is 0 Å². The summed E-state index contributed by atoms with van der Waals surface area (Å²) in [6.07, 6.45) is -2.21. The maximum atomic E-state index is 12.2. The van der Waals surface area contributed by atoms with E-state index in [0.717, 1.165) is 18.4 Å². The Labute approximate surface area is 92.3 Å². The molecule has 88 valence electrons. The summed E-state index contributed by atoms with van der Waals surface area (Å²) in [5.74, 6) is -1.77. The molecule has 0 fully saturated rings. The first-order chi connectivity index (χ1) is 7.45. The van der Waals surface area contributed by atoms with Crippen molar-refractivity contribution in [3.8, 4) is 0 Å². The summed E-state index contributed by atoms with van der Waals surface area (Å²) in [4.78, 5) is 11.0. The zero-order valence-corrected chi connectivity index (χ0v) is 8.97. The Morgan fingerprint density at radius 3 is 2.56 bits per heavy atom. The van der Waals surface area contributed by atoms with Gasteiger partial charge in [-0.15, -0.1) is 0 Å². The molecule has 4 heteroatoms. The summed E-state index contributed by atoms with van der Waals surface area (Å²) in [6.45, 7) is 2.00. The van der Waals surface area contributed by atoms with Crippen molar-refractivity contribution in [2.24, 2.45) is 0 Å². The van der Waals surface area contributed by atoms with Gasteiger partial charge < -0.3 is 0 Å². The molecule has 0 radical (unpaired) electrons. The molecule has 0 aliphatic rings. The Morgan fingerprint density at radius 2 is 2.00 bits per heavy atom. The van der Waals surface area contributed by atoms with Gasteiger partial charge in [-0.25, -0.2) is 0 Å². The average molecular weight is 230 g/mol. The molecular formula is C12H13F3O. The highest BCUT2D eigenvalue weighted by Crippen LogP contribution is 2.22. The van der Waals surface area contributed by atoms with E-state index in [1.54, 1.807) is 6.07 Å². The van der Waals surface area contributed by atoms with E-state index >= 15 is 0 Å². The predicted octanol–water partition coefficient (Wildman–Crippen LogP) is 3.77. The first kappa shape index (κ1) is 12.7. The lowest BCUT2D eigenvalue weighted by atomic mass is 10.0. The van der Waals surface area contributed by atoms with Crippen molar-refractivity contribution in [3.63, 3.8) is 0 Å². The number of rotatable bonds is 4. The van der Waals surface area contributed by atoms with Gasteiger partial charge in [0.25, 0.3) is 5.78 Å². The van der Waals surface area contributed by atoms with Gasteiger partial charge >= 0.3 is 6.18 Å². The second-order valence-electron chi connectivity index (χ2n) is 3.63. The lowest BCUT2D eigenvalue weighted by molar-refractivity contribution is -0.0885. The Bertz CT molecular complexity index is 369. The molecule has 0 amide bonds. The molecule has 0 heterocycles. The normalized spacial score (nSPS) is 11.5. The van der Waals surface area contributed by atoms with Crippen LogP contribution in [0, 0.1) is 0 Å². The summed E-state index contributed by atoms with van der Waals surface area (Å²) in [6, 6.07) is 5.75. The van der Waals surface area contributed by atoms with Gasteiger partial charge in [0.05, 0.1) is 0 Å². The smallest absolute Gasteiger partial charge is 0.284 e. The fourth-order valence-electron chi connectivity index (χ4n) is 1.41. The van der Waals surface area contributed by atoms with Gasteiger partial charge in [-0.2, -0.15) is 13.2 Å². The number of Topliss-reactive ketones (excluding diaryl/α,β-unsaturated/α-hetero) is 1. The molecular weight excluding hydrogens is 217 g/mol. The Hall–Kier alpha value is -1.32. The third kappa shape index (κ3) is 3.36. The van der Waals surface area contributed by atoms with E-state index in [1.165, 1.54) is 18.2 Å². The zero-order valence-electron chi connectivity index (χ0n) is 8.97. The number of carbonyl (C=O) groups is 1. The van der Waals surface area contributed by atoms with E-state index in [0.29, 0.717) is 6.42 Å². The highest BCUT2D eigenvalue weighted by Gasteiger charge is 2.39. The molecule has 0 saturated carbocycles. The van der Waals surface area contributed by atoms with Crippen molar-refractivity contribution in [1.29, 1.82) is 0 Å². The number of carbonyl (C=O) groups excluding carboxylic acids is 1. The SMILES string of the molecule is CCCCc1cccc(C(=O)C(F)(F)F)c1. The van der Waals surface area contributed by atoms with Gasteiger partial charge in [0, 0.05) is 5.56 Å². The first-order valence-corrected chi connectivity index (χ1v) is 5.15. The molecule has 1 rings (SSSR count). The van der Waals surface area contributed by atoms with E-state index in [2.05, 4.69) is 0 Å². The number of ketones is 1. The number of hydrogen-bond donors (Lipinski definition) is 0. The molecule has 0 aliphatic carbocycles. The highest BCUT2D eigenvalue weighted by atomic mass is 19.4. The van der Waals surface area contributed by atoms with Crippen LogP contribution in [-0.2, 0) is 6.42 Å². The van der Waals surface area contributed by atoms with Crippen LogP contribution in [-0.4, -0.2) is 12.0 Å². The van der Waals surface area contributed by atoms with Gasteiger partial charge in [0.15, 0.2) is 0 Å². The van der Waals surface area contributed by atoms with Crippen LogP contribution in [0.1, 0.15) is 35.7 Å². The molecule has 0 unspecified atom stereocenters. The minimum Gasteiger partial charge on any atom is -0.284 e. The quantitative estimate of drug-likeness (QED) is 0.719. The Kier molecular flexibility index (Phi) is 4.10. The highest BCUT2D eigenvalue weighted by molar-refractivity contribution is 6.00. The number of benzene rings is 1. The lowest BCUT2D eigenvalue weighted by Gasteiger charge is -2.06. The summed E-state index contributed by atoms with van der Waals surface area (Å²) in [5.41, 5.74) is 0.498. The standard InChI is InChI=1S/C12H13F3O/c1-2-3-5-9-6-4-7-10(8-9)11(16)12(13,14)15/h4,6-8H,2-3,5H2,1H3. The minimum absolute atomic E-state index is 0.277. The number of unbranched alkanes of at least 4 members (excludes halogenated alkanes) is 1. The van der Waals surface area contributed by atoms with Crippen molar-refractivity contribution in [1.82, 2.24) is 0 Å². The maximum Gasteiger partial charge on any atom is 0.454 e. The van der Waals surface area contributed by atoms with Crippen molar-refractivity contribution in [3.05, 3.63) is 35.4 Å². The van der Waals surface area contributed by atoms with Crippen LogP contribution >= 0.6 is 0 Å². The molecule has 0 bridgehead atoms. The number of alkyl halides is 3. The van der Waals surface area contributed by atoms with Gasteiger partial charge in [0.2, 0.25) is 0 Å². The van der Waals surface area contributed by atoms with Crippen molar-refractivity contribution < 1.29 is 18.0 Å². The minimum atomic E-state index is -4.79. The van der Waals surface area contributed by atoms with E-state index in [1.807, 2.05) is 6.92 Å². The van der Waals surface area contributed by atoms with E-state index in [4.69, 9.17) is 0 Å². The number of halogens is 3. The van der Waals surface area contributed by atoms with Gasteiger partial charge in [-0.3, -0.25) is 4.79 Å². The van der Waals surface area contributed by atoms with Gasteiger partial charge in [-0.05, 0) is 24.5 Å². The molecule has 16 heavy (non-hydrogen) atoms. The van der Waals surface area contributed by atoms with E-state index < -0.39 is 12.0 Å². The maximum absolute atomic E-state index is 12.2. The van der Waals surface area contributed by atoms with Crippen LogP contribution in [0.5, 0.6) is 0 Å².